The Bertz CT molecular complexity index is 1440. The first kappa shape index (κ1) is 26.5. The van der Waals surface area contributed by atoms with Crippen LogP contribution >= 0.6 is 0 Å². The SMILES string of the molecule is CCCCOc1ccc(-c2cc(-c3ccc(C)cc3)c(C(=O)NS(=O)(=O)C3CC3)c(=O)[nH]2)c(OCC)c1. The molecule has 0 aliphatic heterocycles. The van der Waals surface area contributed by atoms with E-state index < -0.39 is 26.7 Å². The molecule has 2 N–H and O–H groups in total. The number of hydrogen-bond acceptors (Lipinski definition) is 6. The molecule has 0 unspecified atom stereocenters. The van der Waals surface area contributed by atoms with Crippen molar-refractivity contribution < 1.29 is 22.7 Å². The Labute approximate surface area is 217 Å². The summed E-state index contributed by atoms with van der Waals surface area (Å²) in [6.45, 7) is 6.87. The molecule has 1 aromatic heterocycles. The van der Waals surface area contributed by atoms with Crippen molar-refractivity contribution in [3.05, 3.63) is 70.0 Å². The maximum absolute atomic E-state index is 13.3. The number of pyridine rings is 1. The summed E-state index contributed by atoms with van der Waals surface area (Å²) >= 11 is 0. The van der Waals surface area contributed by atoms with Crippen LogP contribution in [0, 0.1) is 6.92 Å². The van der Waals surface area contributed by atoms with Crippen molar-refractivity contribution in [2.45, 2.75) is 51.7 Å². The van der Waals surface area contributed by atoms with Crippen molar-refractivity contribution in [3.63, 3.8) is 0 Å². The van der Waals surface area contributed by atoms with Gasteiger partial charge in [-0.1, -0.05) is 43.2 Å². The number of aromatic amines is 1. The van der Waals surface area contributed by atoms with Gasteiger partial charge in [-0.15, -0.1) is 0 Å². The van der Waals surface area contributed by atoms with Gasteiger partial charge in [0.25, 0.3) is 11.5 Å². The molecule has 0 bridgehead atoms. The normalized spacial score (nSPS) is 13.3. The molecular weight excluding hydrogens is 492 g/mol. The third kappa shape index (κ3) is 6.22. The lowest BCUT2D eigenvalue weighted by molar-refractivity contribution is 0.0980. The van der Waals surface area contributed by atoms with Crippen LogP contribution < -0.4 is 19.8 Å². The van der Waals surface area contributed by atoms with E-state index in [1.54, 1.807) is 36.4 Å². The van der Waals surface area contributed by atoms with Crippen molar-refractivity contribution in [1.29, 1.82) is 0 Å². The quantitative estimate of drug-likeness (QED) is 0.348. The zero-order valence-electron chi connectivity index (χ0n) is 21.3. The molecule has 0 saturated heterocycles. The third-order valence-electron chi connectivity index (χ3n) is 6.13. The minimum absolute atomic E-state index is 0.255. The van der Waals surface area contributed by atoms with E-state index in [0.717, 1.165) is 18.4 Å². The van der Waals surface area contributed by atoms with Crippen molar-refractivity contribution >= 4 is 15.9 Å². The Morgan fingerprint density at radius 1 is 1.03 bits per heavy atom. The summed E-state index contributed by atoms with van der Waals surface area (Å²) in [6, 6.07) is 14.4. The number of aromatic nitrogens is 1. The molecule has 1 saturated carbocycles. The smallest absolute Gasteiger partial charge is 0.270 e. The van der Waals surface area contributed by atoms with Crippen LogP contribution in [0.15, 0.2) is 53.3 Å². The number of unbranched alkanes of at least 4 members (excludes halogenated alkanes) is 1. The first-order valence-electron chi connectivity index (χ1n) is 12.5. The van der Waals surface area contributed by atoms with Crippen molar-refractivity contribution in [2.24, 2.45) is 0 Å². The molecule has 37 heavy (non-hydrogen) atoms. The van der Waals surface area contributed by atoms with Crippen LogP contribution in [0.5, 0.6) is 11.5 Å². The van der Waals surface area contributed by atoms with Gasteiger partial charge in [0.1, 0.15) is 17.1 Å². The van der Waals surface area contributed by atoms with Crippen LogP contribution in [0.25, 0.3) is 22.4 Å². The van der Waals surface area contributed by atoms with Crippen molar-refractivity contribution in [2.75, 3.05) is 13.2 Å². The van der Waals surface area contributed by atoms with Crippen molar-refractivity contribution in [1.82, 2.24) is 9.71 Å². The van der Waals surface area contributed by atoms with Crippen LogP contribution in [0.1, 0.15) is 55.5 Å². The minimum atomic E-state index is -3.83. The minimum Gasteiger partial charge on any atom is -0.493 e. The van der Waals surface area contributed by atoms with E-state index in [4.69, 9.17) is 9.47 Å². The lowest BCUT2D eigenvalue weighted by Crippen LogP contribution is -2.37. The Hall–Kier alpha value is -3.59. The number of aryl methyl sites for hydroxylation is 1. The second kappa shape index (κ2) is 11.2. The second-order valence-electron chi connectivity index (χ2n) is 9.14. The fourth-order valence-corrected chi connectivity index (χ4v) is 5.24. The monoisotopic (exact) mass is 524 g/mol. The molecule has 0 radical (unpaired) electrons. The van der Waals surface area contributed by atoms with E-state index in [-0.39, 0.29) is 5.56 Å². The lowest BCUT2D eigenvalue weighted by atomic mass is 9.97. The fraction of sp³-hybridized carbons (Fsp3) is 0.357. The van der Waals surface area contributed by atoms with E-state index in [9.17, 15) is 18.0 Å². The van der Waals surface area contributed by atoms with Gasteiger partial charge in [0, 0.05) is 17.2 Å². The van der Waals surface area contributed by atoms with E-state index in [0.29, 0.717) is 59.9 Å². The molecule has 0 spiro atoms. The van der Waals surface area contributed by atoms with Gasteiger partial charge in [0.05, 0.1) is 24.2 Å². The first-order valence-corrected chi connectivity index (χ1v) is 14.1. The van der Waals surface area contributed by atoms with Gasteiger partial charge in [-0.3, -0.25) is 9.59 Å². The zero-order chi connectivity index (χ0) is 26.6. The van der Waals surface area contributed by atoms with Crippen LogP contribution in [0.3, 0.4) is 0 Å². The van der Waals surface area contributed by atoms with Crippen LogP contribution in [0.2, 0.25) is 0 Å². The predicted octanol–water partition coefficient (Wildman–Crippen LogP) is 4.82. The number of rotatable bonds is 11. The third-order valence-corrected chi connectivity index (χ3v) is 7.95. The molecule has 9 heteroatoms. The Kier molecular flexibility index (Phi) is 8.02. The lowest BCUT2D eigenvalue weighted by Gasteiger charge is -2.16. The number of amides is 1. The summed E-state index contributed by atoms with van der Waals surface area (Å²) < 4.78 is 38.6. The maximum atomic E-state index is 13.3. The summed E-state index contributed by atoms with van der Waals surface area (Å²) in [5, 5.41) is -0.593. The number of carbonyl (C=O) groups excluding carboxylic acids is 1. The van der Waals surface area contributed by atoms with Gasteiger partial charge in [-0.25, -0.2) is 13.1 Å². The number of carbonyl (C=O) groups is 1. The van der Waals surface area contributed by atoms with Crippen molar-refractivity contribution in [3.8, 4) is 33.9 Å². The maximum Gasteiger partial charge on any atom is 0.270 e. The molecule has 0 atom stereocenters. The van der Waals surface area contributed by atoms with Gasteiger partial charge < -0.3 is 14.5 Å². The van der Waals surface area contributed by atoms with Crippen LogP contribution in [-0.2, 0) is 10.0 Å². The molecule has 196 valence electrons. The van der Waals surface area contributed by atoms with Gasteiger partial charge >= 0.3 is 0 Å². The van der Waals surface area contributed by atoms with E-state index >= 15 is 0 Å². The molecule has 8 nitrogen and oxygen atoms in total. The number of nitrogens with one attached hydrogen (secondary N) is 2. The molecule has 1 aliphatic rings. The zero-order valence-corrected chi connectivity index (χ0v) is 22.1. The summed E-state index contributed by atoms with van der Waals surface area (Å²) in [4.78, 5) is 29.2. The first-order chi connectivity index (χ1) is 17.7. The highest BCUT2D eigenvalue weighted by Crippen LogP contribution is 2.35. The van der Waals surface area contributed by atoms with Gasteiger partial charge in [-0.05, 0) is 56.9 Å². The topological polar surface area (TPSA) is 115 Å². The number of sulfonamides is 1. The molecule has 1 aliphatic carbocycles. The Balaban J connectivity index is 1.81. The molecular formula is C28H32N2O6S. The highest BCUT2D eigenvalue weighted by atomic mass is 32.2. The van der Waals surface area contributed by atoms with Crippen LogP contribution in [-0.4, -0.2) is 37.8 Å². The average molecular weight is 525 g/mol. The number of ether oxygens (including phenoxy) is 2. The second-order valence-corrected chi connectivity index (χ2v) is 11.1. The summed E-state index contributed by atoms with van der Waals surface area (Å²) in [7, 11) is -3.83. The number of hydrogen-bond donors (Lipinski definition) is 2. The average Bonchev–Trinajstić information content (AvgIpc) is 3.71. The van der Waals surface area contributed by atoms with E-state index in [1.807, 2.05) is 26.0 Å². The molecule has 1 amide bonds. The number of benzene rings is 2. The van der Waals surface area contributed by atoms with Gasteiger partial charge in [0.2, 0.25) is 10.0 Å². The molecule has 2 aromatic carbocycles. The van der Waals surface area contributed by atoms with E-state index in [1.165, 1.54) is 0 Å². The molecule has 1 fully saturated rings. The highest BCUT2D eigenvalue weighted by molar-refractivity contribution is 7.91. The Morgan fingerprint density at radius 3 is 2.41 bits per heavy atom. The fourth-order valence-electron chi connectivity index (χ4n) is 3.96. The van der Waals surface area contributed by atoms with Crippen LogP contribution in [0.4, 0.5) is 0 Å². The largest absolute Gasteiger partial charge is 0.493 e. The van der Waals surface area contributed by atoms with Gasteiger partial charge in [0.15, 0.2) is 0 Å². The molecule has 3 aromatic rings. The number of H-pyrrole nitrogens is 1. The Morgan fingerprint density at radius 2 is 1.76 bits per heavy atom. The van der Waals surface area contributed by atoms with E-state index in [2.05, 4.69) is 16.6 Å². The highest BCUT2D eigenvalue weighted by Gasteiger charge is 2.37. The van der Waals surface area contributed by atoms with Gasteiger partial charge in [-0.2, -0.15) is 0 Å². The summed E-state index contributed by atoms with van der Waals surface area (Å²) in [6.07, 6.45) is 2.95. The predicted molar refractivity (Wildman–Crippen MR) is 144 cm³/mol. The molecule has 4 rings (SSSR count). The molecule has 1 heterocycles. The summed E-state index contributed by atoms with van der Waals surface area (Å²) in [5.41, 5.74) is 2.06. The standard InChI is InChI=1S/C28H32N2O6S/c1-4-6-15-36-20-11-14-22(25(16-20)35-5-2)24-17-23(19-9-7-18(3)8-10-19)26(27(31)29-24)28(32)30-37(33,34)21-12-13-21/h7-11,14,16-17,21H,4-6,12-13,15H2,1-3H3,(H,29,31)(H,30,32). The summed E-state index contributed by atoms with van der Waals surface area (Å²) in [5.74, 6) is 0.235.